The molecule has 4 N–H and O–H groups in total. The van der Waals surface area contributed by atoms with Gasteiger partial charge in [-0.15, -0.1) is 0 Å². The Bertz CT molecular complexity index is 768. The molecule has 0 aliphatic carbocycles. The number of benzene rings is 1. The topological polar surface area (TPSA) is 122 Å². The van der Waals surface area contributed by atoms with Crippen LogP contribution in [0.1, 0.15) is 47.2 Å². The molecule has 0 aromatic heterocycles. The van der Waals surface area contributed by atoms with Crippen LogP contribution < -0.4 is 16.4 Å². The van der Waals surface area contributed by atoms with Crippen molar-refractivity contribution in [1.29, 1.82) is 0 Å². The lowest BCUT2D eigenvalue weighted by molar-refractivity contribution is -0.137. The molecule has 8 nitrogen and oxygen atoms in total. The van der Waals surface area contributed by atoms with Crippen LogP contribution in [0.3, 0.4) is 0 Å². The summed E-state index contributed by atoms with van der Waals surface area (Å²) in [7, 11) is 0. The predicted octanol–water partition coefficient (Wildman–Crippen LogP) is 0.854. The molecule has 1 fully saturated rings. The third-order valence-corrected chi connectivity index (χ3v) is 4.76. The fourth-order valence-electron chi connectivity index (χ4n) is 3.36. The Hall–Kier alpha value is -2.01. The second-order valence-electron chi connectivity index (χ2n) is 6.51. The van der Waals surface area contributed by atoms with E-state index in [0.717, 1.165) is 11.1 Å². The second-order valence-corrected chi connectivity index (χ2v) is 6.51. The molecule has 1 saturated heterocycles. The van der Waals surface area contributed by atoms with Gasteiger partial charge in [0.2, 0.25) is 17.7 Å². The number of hydrogen-bond acceptors (Lipinski definition) is 5. The van der Waals surface area contributed by atoms with Crippen molar-refractivity contribution in [3.8, 4) is 0 Å². The molecule has 1 aromatic rings. The van der Waals surface area contributed by atoms with Crippen LogP contribution in [0, 0.1) is 0 Å². The minimum absolute atomic E-state index is 0.0839. The van der Waals surface area contributed by atoms with Crippen LogP contribution in [0.25, 0.3) is 0 Å². The molecule has 0 radical (unpaired) electrons. The van der Waals surface area contributed by atoms with E-state index < -0.39 is 11.9 Å². The van der Waals surface area contributed by atoms with Crippen LogP contribution in [0.15, 0.2) is 18.2 Å². The Morgan fingerprint density at radius 1 is 1.32 bits per heavy atom. The molecule has 0 spiro atoms. The van der Waals surface area contributed by atoms with Gasteiger partial charge in [0.1, 0.15) is 6.04 Å². The highest BCUT2D eigenvalue weighted by molar-refractivity contribution is 14.1. The molecule has 2 aliphatic rings. The molecule has 0 bridgehead atoms. The molecule has 1 unspecified atom stereocenters. The molecule has 9 heteroatoms. The normalized spacial score (nSPS) is 18.2. The van der Waals surface area contributed by atoms with E-state index >= 15 is 0 Å². The van der Waals surface area contributed by atoms with Crippen molar-refractivity contribution in [3.63, 3.8) is 0 Å². The van der Waals surface area contributed by atoms with E-state index in [2.05, 4.69) is 33.2 Å². The fourth-order valence-corrected chi connectivity index (χ4v) is 3.36. The van der Waals surface area contributed by atoms with E-state index in [1.54, 1.807) is 12.1 Å². The summed E-state index contributed by atoms with van der Waals surface area (Å²) in [6.07, 6.45) is 1.55. The summed E-state index contributed by atoms with van der Waals surface area (Å²) in [6, 6.07) is 4.72. The summed E-state index contributed by atoms with van der Waals surface area (Å²) in [5, 5.41) is 5.13. The van der Waals surface area contributed by atoms with Crippen molar-refractivity contribution < 1.29 is 19.2 Å². The van der Waals surface area contributed by atoms with Gasteiger partial charge in [-0.3, -0.25) is 24.5 Å². The smallest absolute Gasteiger partial charge is 0.255 e. The van der Waals surface area contributed by atoms with Crippen LogP contribution in [-0.2, 0) is 27.5 Å². The van der Waals surface area contributed by atoms with E-state index in [0.29, 0.717) is 44.5 Å². The molecule has 4 amide bonds. The summed E-state index contributed by atoms with van der Waals surface area (Å²) in [4.78, 5) is 51.4. The van der Waals surface area contributed by atoms with Crippen molar-refractivity contribution >= 4 is 46.2 Å². The van der Waals surface area contributed by atoms with Crippen molar-refractivity contribution in [2.24, 2.45) is 5.73 Å². The molecule has 1 aromatic carbocycles. The van der Waals surface area contributed by atoms with E-state index in [9.17, 15) is 19.2 Å². The van der Waals surface area contributed by atoms with Crippen LogP contribution in [0.4, 0.5) is 0 Å². The van der Waals surface area contributed by atoms with Gasteiger partial charge in [0, 0.05) is 31.5 Å². The lowest BCUT2D eigenvalue weighted by atomic mass is 10.0. The first kappa shape index (κ1) is 22.3. The molecule has 2 aliphatic heterocycles. The highest BCUT2D eigenvalue weighted by Crippen LogP contribution is 2.29. The van der Waals surface area contributed by atoms with Crippen LogP contribution in [0.2, 0.25) is 0 Å². The standard InChI is InChI=1S/C18H22N4O4.CH3I/c19-8-2-5-15(23)20-9-11-3-1-4-12-13(11)10-22(18(12)26)14-6-7-16(24)21-17(14)25;1-2/h1,3-4,14H,2,5-10,19H2,(H,20,23)(H,21,24,25);1H3. The summed E-state index contributed by atoms with van der Waals surface area (Å²) in [5.41, 5.74) is 7.62. The van der Waals surface area contributed by atoms with Crippen LogP contribution in [-0.4, -0.2) is 46.0 Å². The first-order valence-corrected chi connectivity index (χ1v) is 11.3. The Kier molecular flexibility index (Phi) is 8.36. The van der Waals surface area contributed by atoms with Crippen LogP contribution in [0.5, 0.6) is 0 Å². The minimum Gasteiger partial charge on any atom is -0.352 e. The molecule has 0 saturated carbocycles. The van der Waals surface area contributed by atoms with Crippen molar-refractivity contribution in [2.75, 3.05) is 11.5 Å². The quantitative estimate of drug-likeness (QED) is 0.304. The Labute approximate surface area is 177 Å². The molecular weight excluding hydrogens is 475 g/mol. The largest absolute Gasteiger partial charge is 0.352 e. The number of hydrogen-bond donors (Lipinski definition) is 3. The van der Waals surface area contributed by atoms with Gasteiger partial charge in [0.25, 0.3) is 5.91 Å². The number of piperidine rings is 1. The average molecular weight is 500 g/mol. The van der Waals surface area contributed by atoms with Crippen molar-refractivity contribution in [1.82, 2.24) is 15.5 Å². The Morgan fingerprint density at radius 2 is 2.07 bits per heavy atom. The lowest BCUT2D eigenvalue weighted by Gasteiger charge is -2.29. The number of imide groups is 1. The summed E-state index contributed by atoms with van der Waals surface area (Å²) in [6.45, 7) is 1.09. The number of alkyl halides is 1. The van der Waals surface area contributed by atoms with E-state index in [1.165, 1.54) is 4.90 Å². The number of nitrogens with zero attached hydrogens (tertiary/aromatic N) is 1. The van der Waals surface area contributed by atoms with E-state index in [4.69, 9.17) is 5.73 Å². The first-order chi connectivity index (χ1) is 13.5. The van der Waals surface area contributed by atoms with Crippen molar-refractivity contribution in [3.05, 3.63) is 34.9 Å². The molecule has 28 heavy (non-hydrogen) atoms. The molecule has 1 atom stereocenters. The van der Waals surface area contributed by atoms with E-state index in [1.807, 2.05) is 11.0 Å². The number of rotatable bonds is 6. The summed E-state index contributed by atoms with van der Waals surface area (Å²) >= 11 is 2.15. The fraction of sp³-hybridized carbons (Fsp3) is 0.474. The van der Waals surface area contributed by atoms with E-state index in [-0.39, 0.29) is 24.1 Å². The summed E-state index contributed by atoms with van der Waals surface area (Å²) in [5.74, 6) is -1.04. The van der Waals surface area contributed by atoms with Gasteiger partial charge >= 0.3 is 0 Å². The number of fused-ring (bicyclic) bond motifs is 1. The van der Waals surface area contributed by atoms with Gasteiger partial charge in [-0.05, 0) is 41.5 Å². The van der Waals surface area contributed by atoms with Gasteiger partial charge in [-0.1, -0.05) is 34.7 Å². The zero-order valence-electron chi connectivity index (χ0n) is 15.8. The SMILES string of the molecule is CI.NCCCC(=O)NCc1cccc2c1CN(C1CCC(=O)NC1=O)C2=O. The van der Waals surface area contributed by atoms with Crippen LogP contribution >= 0.6 is 22.6 Å². The number of nitrogens with one attached hydrogen (secondary N) is 2. The number of carbonyl (C=O) groups excluding carboxylic acids is 4. The maximum Gasteiger partial charge on any atom is 0.255 e. The monoisotopic (exact) mass is 500 g/mol. The van der Waals surface area contributed by atoms with Gasteiger partial charge in [0.15, 0.2) is 0 Å². The number of amides is 4. The highest BCUT2D eigenvalue weighted by Gasteiger charge is 2.39. The zero-order valence-corrected chi connectivity index (χ0v) is 18.0. The third-order valence-electron chi connectivity index (χ3n) is 4.76. The van der Waals surface area contributed by atoms with Gasteiger partial charge < -0.3 is 16.0 Å². The average Bonchev–Trinajstić information content (AvgIpc) is 3.03. The molecule has 152 valence electrons. The predicted molar refractivity (Wildman–Crippen MR) is 113 cm³/mol. The van der Waals surface area contributed by atoms with Crippen molar-refractivity contribution in [2.45, 2.75) is 44.8 Å². The summed E-state index contributed by atoms with van der Waals surface area (Å²) < 4.78 is 0. The maximum absolute atomic E-state index is 12.7. The molecule has 3 rings (SSSR count). The molecule has 2 heterocycles. The maximum atomic E-state index is 12.7. The Morgan fingerprint density at radius 3 is 2.75 bits per heavy atom. The molecular formula is C19H25IN4O4. The second kappa shape index (κ2) is 10.5. The number of halogens is 1. The highest BCUT2D eigenvalue weighted by atomic mass is 127. The van der Waals surface area contributed by atoms with Gasteiger partial charge in [0.05, 0.1) is 0 Å². The number of carbonyl (C=O) groups is 4. The first-order valence-electron chi connectivity index (χ1n) is 9.11. The Balaban J connectivity index is 0.00000136. The zero-order chi connectivity index (χ0) is 20.7. The van der Waals surface area contributed by atoms with Gasteiger partial charge in [-0.25, -0.2) is 0 Å². The number of nitrogens with two attached hydrogens (primary N) is 1. The lowest BCUT2D eigenvalue weighted by Crippen LogP contribution is -2.52. The minimum atomic E-state index is -0.639. The third kappa shape index (κ3) is 5.07. The van der Waals surface area contributed by atoms with Gasteiger partial charge in [-0.2, -0.15) is 0 Å².